The molecule has 0 aromatic heterocycles. The molecule has 0 heterocycles. The molecule has 0 saturated heterocycles. The van der Waals surface area contributed by atoms with Crippen LogP contribution < -0.4 is 11.1 Å². The molecule has 132 valence electrons. The highest BCUT2D eigenvalue weighted by Crippen LogP contribution is 1.84. The molecular formula is C14H24N2O7. The lowest BCUT2D eigenvalue weighted by atomic mass is 10.4. The number of hydrogen-bond acceptors (Lipinski definition) is 7. The number of nitrogens with two attached hydrogens (primary N) is 1. The Morgan fingerprint density at radius 1 is 0.870 bits per heavy atom. The molecular weight excluding hydrogens is 308 g/mol. The van der Waals surface area contributed by atoms with E-state index in [1.165, 1.54) is 0 Å². The minimum Gasteiger partial charge on any atom is -0.379 e. The molecule has 0 aromatic rings. The number of primary amides is 1. The lowest BCUT2D eigenvalue weighted by molar-refractivity contribution is -0.119. The molecule has 0 aliphatic rings. The number of rotatable bonds is 15. The van der Waals surface area contributed by atoms with E-state index in [4.69, 9.17) is 31.1 Å². The fourth-order valence-corrected chi connectivity index (χ4v) is 1.25. The average Bonchev–Trinajstić information content (AvgIpc) is 2.51. The van der Waals surface area contributed by atoms with Gasteiger partial charge < -0.3 is 34.7 Å². The second kappa shape index (κ2) is 16.5. The fraction of sp³-hybridized carbons (Fsp3) is 0.714. The monoisotopic (exact) mass is 332 g/mol. The molecule has 2 amide bonds. The lowest BCUT2D eigenvalue weighted by Crippen LogP contribution is -2.27. The van der Waals surface area contributed by atoms with Crippen molar-refractivity contribution in [2.45, 2.75) is 6.42 Å². The first-order valence-corrected chi connectivity index (χ1v) is 7.16. The Morgan fingerprint density at radius 2 is 1.35 bits per heavy atom. The number of alkyl carbamates (subject to hydrolysis) is 1. The van der Waals surface area contributed by atoms with Crippen LogP contribution in [0.1, 0.15) is 6.42 Å². The predicted molar refractivity (Wildman–Crippen MR) is 80.4 cm³/mol. The fourth-order valence-electron chi connectivity index (χ4n) is 1.25. The quantitative estimate of drug-likeness (QED) is 0.299. The number of carbonyl (C=O) groups excluding carboxylic acids is 2. The predicted octanol–water partition coefficient (Wildman–Crippen LogP) is -0.755. The first-order chi connectivity index (χ1) is 11.2. The van der Waals surface area contributed by atoms with Crippen LogP contribution in [0.25, 0.3) is 0 Å². The van der Waals surface area contributed by atoms with Gasteiger partial charge in [-0.3, -0.25) is 4.79 Å². The van der Waals surface area contributed by atoms with E-state index in [-0.39, 0.29) is 12.3 Å². The van der Waals surface area contributed by atoms with E-state index in [9.17, 15) is 9.59 Å². The van der Waals surface area contributed by atoms with Gasteiger partial charge in [0.2, 0.25) is 5.91 Å². The normalized spacial score (nSPS) is 10.0. The van der Waals surface area contributed by atoms with Gasteiger partial charge in [0.25, 0.3) is 0 Å². The van der Waals surface area contributed by atoms with Crippen LogP contribution in [-0.4, -0.2) is 71.4 Å². The Labute approximate surface area is 135 Å². The molecule has 0 rings (SSSR count). The summed E-state index contributed by atoms with van der Waals surface area (Å²) in [5.41, 5.74) is 4.96. The van der Waals surface area contributed by atoms with Gasteiger partial charge in [-0.2, -0.15) is 0 Å². The summed E-state index contributed by atoms with van der Waals surface area (Å²) in [6, 6.07) is 0. The van der Waals surface area contributed by atoms with E-state index < -0.39 is 6.09 Å². The van der Waals surface area contributed by atoms with Crippen molar-refractivity contribution in [2.24, 2.45) is 5.73 Å². The van der Waals surface area contributed by atoms with Crippen LogP contribution in [-0.2, 0) is 28.5 Å². The summed E-state index contributed by atoms with van der Waals surface area (Å²) in [5.74, 6) is -0.384. The summed E-state index contributed by atoms with van der Waals surface area (Å²) in [4.78, 5) is 21.2. The maximum atomic E-state index is 10.8. The van der Waals surface area contributed by atoms with E-state index in [0.717, 1.165) is 0 Å². The maximum absolute atomic E-state index is 10.8. The molecule has 9 nitrogen and oxygen atoms in total. The van der Waals surface area contributed by atoms with Crippen LogP contribution in [0, 0.1) is 12.5 Å². The van der Waals surface area contributed by atoms with Gasteiger partial charge in [0, 0.05) is 13.0 Å². The standard InChI is InChI=1S/C14H24N2O7/c1-2-23-14(18)16-4-6-20-8-10-22-12-11-21-9-7-19-5-3-13(15)17/h1H,3-12H2,(H2,15,17)(H,16,18). The second-order valence-corrected chi connectivity index (χ2v) is 4.10. The molecule has 0 bridgehead atoms. The first-order valence-electron chi connectivity index (χ1n) is 7.16. The van der Waals surface area contributed by atoms with E-state index in [0.29, 0.717) is 59.4 Å². The molecule has 23 heavy (non-hydrogen) atoms. The smallest absolute Gasteiger partial charge is 0.379 e. The van der Waals surface area contributed by atoms with Crippen molar-refractivity contribution in [1.82, 2.24) is 5.32 Å². The Kier molecular flexibility index (Phi) is 15.2. The summed E-state index contributed by atoms with van der Waals surface area (Å²) < 4.78 is 25.1. The minimum absolute atomic E-state index is 0.212. The zero-order valence-corrected chi connectivity index (χ0v) is 13.1. The maximum Gasteiger partial charge on any atom is 0.421 e. The second-order valence-electron chi connectivity index (χ2n) is 4.10. The number of terminal acetylenes is 1. The molecule has 0 aliphatic carbocycles. The first kappa shape index (κ1) is 21.1. The van der Waals surface area contributed by atoms with Crippen LogP contribution in [0.2, 0.25) is 0 Å². The van der Waals surface area contributed by atoms with Gasteiger partial charge in [0.15, 0.2) is 0 Å². The summed E-state index contributed by atoms with van der Waals surface area (Å²) in [6.45, 7) is 3.50. The number of ether oxygens (including phenoxy) is 5. The zero-order valence-electron chi connectivity index (χ0n) is 13.1. The van der Waals surface area contributed by atoms with Crippen LogP contribution in [0.4, 0.5) is 4.79 Å². The molecule has 0 saturated carbocycles. The molecule has 0 unspecified atom stereocenters. The Morgan fingerprint density at radius 3 is 1.83 bits per heavy atom. The van der Waals surface area contributed by atoms with E-state index in [2.05, 4.69) is 10.1 Å². The Balaban J connectivity index is 3.07. The Hall–Kier alpha value is -1.86. The number of nitrogens with one attached hydrogen (secondary N) is 1. The third-order valence-electron chi connectivity index (χ3n) is 2.28. The highest BCUT2D eigenvalue weighted by molar-refractivity contribution is 5.73. The topological polar surface area (TPSA) is 118 Å². The highest BCUT2D eigenvalue weighted by Gasteiger charge is 1.98. The number of carbonyl (C=O) groups is 2. The van der Waals surface area contributed by atoms with Gasteiger partial charge in [-0.05, 0) is 0 Å². The average molecular weight is 332 g/mol. The van der Waals surface area contributed by atoms with E-state index >= 15 is 0 Å². The summed E-state index contributed by atoms with van der Waals surface area (Å²) in [6.07, 6.45) is 6.07. The minimum atomic E-state index is -0.678. The summed E-state index contributed by atoms with van der Waals surface area (Å²) in [7, 11) is 0. The molecule has 0 fully saturated rings. The van der Waals surface area contributed by atoms with Crippen molar-refractivity contribution in [3.8, 4) is 12.5 Å². The molecule has 0 radical (unpaired) electrons. The van der Waals surface area contributed by atoms with Crippen LogP contribution >= 0.6 is 0 Å². The van der Waals surface area contributed by atoms with Crippen LogP contribution in [0.5, 0.6) is 0 Å². The third-order valence-corrected chi connectivity index (χ3v) is 2.28. The largest absolute Gasteiger partial charge is 0.421 e. The highest BCUT2D eigenvalue weighted by atomic mass is 16.6. The summed E-state index contributed by atoms with van der Waals surface area (Å²) >= 11 is 0. The Bertz CT molecular complexity index is 358. The van der Waals surface area contributed by atoms with Crippen molar-refractivity contribution in [3.63, 3.8) is 0 Å². The van der Waals surface area contributed by atoms with Gasteiger partial charge in [-0.15, -0.1) is 0 Å². The summed E-state index contributed by atoms with van der Waals surface area (Å²) in [5, 5.41) is 2.40. The van der Waals surface area contributed by atoms with Crippen LogP contribution in [0.3, 0.4) is 0 Å². The van der Waals surface area contributed by atoms with Crippen LogP contribution in [0.15, 0.2) is 0 Å². The van der Waals surface area contributed by atoms with Gasteiger partial charge in [0.1, 0.15) is 6.11 Å². The SMILES string of the molecule is C#COC(=O)NCCOCCOCCOCCOCCC(N)=O. The number of hydrogen-bond donors (Lipinski definition) is 2. The van der Waals surface area contributed by atoms with E-state index in [1.807, 2.05) is 0 Å². The molecule has 3 N–H and O–H groups in total. The molecule has 0 spiro atoms. The van der Waals surface area contributed by atoms with Crippen molar-refractivity contribution in [2.75, 3.05) is 59.4 Å². The molecule has 0 aliphatic heterocycles. The third kappa shape index (κ3) is 18.1. The van der Waals surface area contributed by atoms with Gasteiger partial charge in [-0.25, -0.2) is 4.79 Å². The van der Waals surface area contributed by atoms with Crippen molar-refractivity contribution in [3.05, 3.63) is 0 Å². The van der Waals surface area contributed by atoms with Crippen molar-refractivity contribution in [1.29, 1.82) is 0 Å². The van der Waals surface area contributed by atoms with Gasteiger partial charge >= 0.3 is 6.09 Å². The van der Waals surface area contributed by atoms with Gasteiger partial charge in [-0.1, -0.05) is 6.42 Å². The molecule has 0 aromatic carbocycles. The van der Waals surface area contributed by atoms with Crippen molar-refractivity contribution >= 4 is 12.0 Å². The van der Waals surface area contributed by atoms with E-state index in [1.54, 1.807) is 6.11 Å². The molecule has 0 atom stereocenters. The zero-order chi connectivity index (χ0) is 17.2. The van der Waals surface area contributed by atoms with Gasteiger partial charge in [0.05, 0.1) is 52.9 Å². The molecule has 9 heteroatoms. The number of amides is 2. The van der Waals surface area contributed by atoms with Crippen molar-refractivity contribution < 1.29 is 33.3 Å². The lowest BCUT2D eigenvalue weighted by Gasteiger charge is -2.07.